The molecule has 2 aromatic rings. The first-order chi connectivity index (χ1) is 9.56. The molecule has 0 aliphatic heterocycles. The minimum Gasteiger partial charge on any atom is -0.479 e. The first-order valence-electron chi connectivity index (χ1n) is 6.36. The zero-order chi connectivity index (χ0) is 14.5. The second-order valence-electron chi connectivity index (χ2n) is 4.52. The number of ether oxygens (including phenoxy) is 2. The van der Waals surface area contributed by atoms with E-state index in [1.54, 1.807) is 37.3 Å². The summed E-state index contributed by atoms with van der Waals surface area (Å²) >= 11 is 0. The van der Waals surface area contributed by atoms with E-state index in [4.69, 9.17) is 15.2 Å². The minimum absolute atomic E-state index is 0.443. The van der Waals surface area contributed by atoms with Crippen LogP contribution < -0.4 is 15.2 Å². The van der Waals surface area contributed by atoms with Crippen LogP contribution in [0.5, 0.6) is 11.5 Å². The van der Waals surface area contributed by atoms with Crippen LogP contribution in [-0.4, -0.2) is 12.1 Å². The SMILES string of the molecule is Cc1ccccc1OC(=O)[C@@H](C)Oc1cccc(N)c1. The number of esters is 1. The lowest BCUT2D eigenvalue weighted by Crippen LogP contribution is -2.28. The Hall–Kier alpha value is -2.49. The second kappa shape index (κ2) is 6.10. The van der Waals surface area contributed by atoms with Gasteiger partial charge in [0.2, 0.25) is 0 Å². The van der Waals surface area contributed by atoms with Gasteiger partial charge in [0.1, 0.15) is 11.5 Å². The molecule has 2 aromatic carbocycles. The second-order valence-corrected chi connectivity index (χ2v) is 4.52. The number of hydrogen-bond acceptors (Lipinski definition) is 4. The smallest absolute Gasteiger partial charge is 0.352 e. The van der Waals surface area contributed by atoms with E-state index in [2.05, 4.69) is 0 Å². The van der Waals surface area contributed by atoms with E-state index in [0.29, 0.717) is 17.2 Å². The van der Waals surface area contributed by atoms with Gasteiger partial charge in [-0.15, -0.1) is 0 Å². The Kier molecular flexibility index (Phi) is 4.25. The third-order valence-electron chi connectivity index (χ3n) is 2.81. The highest BCUT2D eigenvalue weighted by atomic mass is 16.6. The third-order valence-corrected chi connectivity index (χ3v) is 2.81. The zero-order valence-electron chi connectivity index (χ0n) is 11.5. The molecule has 0 aliphatic carbocycles. The van der Waals surface area contributed by atoms with Crippen molar-refractivity contribution in [3.63, 3.8) is 0 Å². The van der Waals surface area contributed by atoms with Crippen molar-refractivity contribution in [2.75, 3.05) is 5.73 Å². The van der Waals surface area contributed by atoms with E-state index in [-0.39, 0.29) is 0 Å². The topological polar surface area (TPSA) is 61.5 Å². The lowest BCUT2D eigenvalue weighted by molar-refractivity contribution is -0.141. The Bertz CT molecular complexity index is 610. The summed E-state index contributed by atoms with van der Waals surface area (Å²) in [7, 11) is 0. The van der Waals surface area contributed by atoms with Gasteiger partial charge in [0.05, 0.1) is 0 Å². The Morgan fingerprint density at radius 3 is 2.60 bits per heavy atom. The van der Waals surface area contributed by atoms with Gasteiger partial charge in [0, 0.05) is 11.8 Å². The van der Waals surface area contributed by atoms with Gasteiger partial charge >= 0.3 is 5.97 Å². The van der Waals surface area contributed by atoms with E-state index >= 15 is 0 Å². The number of nitrogens with two attached hydrogens (primary N) is 1. The highest BCUT2D eigenvalue weighted by Gasteiger charge is 2.18. The summed E-state index contributed by atoms with van der Waals surface area (Å²) < 4.78 is 10.8. The molecule has 4 nitrogen and oxygen atoms in total. The summed E-state index contributed by atoms with van der Waals surface area (Å²) in [6.07, 6.45) is -0.712. The molecule has 0 aromatic heterocycles. The average Bonchev–Trinajstić information content (AvgIpc) is 2.41. The molecule has 2 rings (SSSR count). The van der Waals surface area contributed by atoms with Crippen LogP contribution in [0, 0.1) is 6.92 Å². The summed E-state index contributed by atoms with van der Waals surface area (Å²) in [5.74, 6) is 0.640. The molecule has 0 spiro atoms. The third kappa shape index (κ3) is 3.51. The number of benzene rings is 2. The van der Waals surface area contributed by atoms with Crippen LogP contribution in [0.15, 0.2) is 48.5 Å². The summed E-state index contributed by atoms with van der Waals surface area (Å²) in [4.78, 5) is 12.0. The van der Waals surface area contributed by atoms with Gasteiger partial charge in [-0.1, -0.05) is 24.3 Å². The molecule has 1 atom stereocenters. The van der Waals surface area contributed by atoms with Crippen molar-refractivity contribution in [3.8, 4) is 11.5 Å². The molecule has 0 fully saturated rings. The standard InChI is InChI=1S/C16H17NO3/c1-11-6-3-4-9-15(11)20-16(18)12(2)19-14-8-5-7-13(17)10-14/h3-10,12H,17H2,1-2H3/t12-/m1/s1. The Labute approximate surface area is 118 Å². The van der Waals surface area contributed by atoms with Crippen LogP contribution >= 0.6 is 0 Å². The predicted octanol–water partition coefficient (Wildman–Crippen LogP) is 2.95. The molecular formula is C16H17NO3. The van der Waals surface area contributed by atoms with Crippen LogP contribution in [0.3, 0.4) is 0 Å². The number of anilines is 1. The minimum atomic E-state index is -0.712. The van der Waals surface area contributed by atoms with Crippen molar-refractivity contribution in [2.24, 2.45) is 0 Å². The maximum Gasteiger partial charge on any atom is 0.352 e. The molecule has 104 valence electrons. The largest absolute Gasteiger partial charge is 0.479 e. The van der Waals surface area contributed by atoms with Crippen molar-refractivity contribution in [3.05, 3.63) is 54.1 Å². The lowest BCUT2D eigenvalue weighted by atomic mass is 10.2. The first kappa shape index (κ1) is 13.9. The van der Waals surface area contributed by atoms with Gasteiger partial charge in [0.15, 0.2) is 6.10 Å². The maximum absolute atomic E-state index is 12.0. The average molecular weight is 271 g/mol. The summed E-state index contributed by atoms with van der Waals surface area (Å²) in [6, 6.07) is 14.3. The highest BCUT2D eigenvalue weighted by Crippen LogP contribution is 2.19. The van der Waals surface area contributed by atoms with Crippen molar-refractivity contribution in [1.29, 1.82) is 0 Å². The van der Waals surface area contributed by atoms with E-state index < -0.39 is 12.1 Å². The van der Waals surface area contributed by atoms with Gasteiger partial charge in [0.25, 0.3) is 0 Å². The molecule has 0 radical (unpaired) electrons. The lowest BCUT2D eigenvalue weighted by Gasteiger charge is -2.14. The molecule has 0 bridgehead atoms. The highest BCUT2D eigenvalue weighted by molar-refractivity contribution is 5.77. The fourth-order valence-corrected chi connectivity index (χ4v) is 1.70. The predicted molar refractivity (Wildman–Crippen MR) is 77.8 cm³/mol. The quantitative estimate of drug-likeness (QED) is 0.527. The van der Waals surface area contributed by atoms with E-state index in [9.17, 15) is 4.79 Å². The molecule has 0 saturated heterocycles. The molecule has 0 unspecified atom stereocenters. The summed E-state index contributed by atoms with van der Waals surface area (Å²) in [5, 5.41) is 0. The fraction of sp³-hybridized carbons (Fsp3) is 0.188. The van der Waals surface area contributed by atoms with Crippen LogP contribution in [0.4, 0.5) is 5.69 Å². The molecule has 2 N–H and O–H groups in total. The van der Waals surface area contributed by atoms with E-state index in [1.807, 2.05) is 25.1 Å². The Morgan fingerprint density at radius 2 is 1.90 bits per heavy atom. The molecule has 0 amide bonds. The number of para-hydroxylation sites is 1. The van der Waals surface area contributed by atoms with Crippen molar-refractivity contribution >= 4 is 11.7 Å². The number of carbonyl (C=O) groups is 1. The van der Waals surface area contributed by atoms with Crippen molar-refractivity contribution < 1.29 is 14.3 Å². The van der Waals surface area contributed by atoms with Crippen molar-refractivity contribution in [1.82, 2.24) is 0 Å². The van der Waals surface area contributed by atoms with Crippen LogP contribution in [0.1, 0.15) is 12.5 Å². The van der Waals surface area contributed by atoms with Crippen molar-refractivity contribution in [2.45, 2.75) is 20.0 Å². The molecular weight excluding hydrogens is 254 g/mol. The van der Waals surface area contributed by atoms with Gasteiger partial charge in [-0.25, -0.2) is 4.79 Å². The maximum atomic E-state index is 12.0. The van der Waals surface area contributed by atoms with Crippen LogP contribution in [0.25, 0.3) is 0 Å². The van der Waals surface area contributed by atoms with Gasteiger partial charge < -0.3 is 15.2 Å². The fourth-order valence-electron chi connectivity index (χ4n) is 1.70. The normalized spacial score (nSPS) is 11.7. The number of aryl methyl sites for hydroxylation is 1. The Morgan fingerprint density at radius 1 is 1.15 bits per heavy atom. The monoisotopic (exact) mass is 271 g/mol. The van der Waals surface area contributed by atoms with E-state index in [0.717, 1.165) is 5.56 Å². The van der Waals surface area contributed by atoms with Gasteiger partial charge in [-0.05, 0) is 37.6 Å². The molecule has 4 heteroatoms. The first-order valence-corrected chi connectivity index (χ1v) is 6.36. The Balaban J connectivity index is 2.01. The van der Waals surface area contributed by atoms with Crippen LogP contribution in [-0.2, 0) is 4.79 Å². The zero-order valence-corrected chi connectivity index (χ0v) is 11.5. The molecule has 0 saturated carbocycles. The summed E-state index contributed by atoms with van der Waals surface area (Å²) in [5.41, 5.74) is 7.14. The number of hydrogen-bond donors (Lipinski definition) is 1. The molecule has 0 heterocycles. The molecule has 20 heavy (non-hydrogen) atoms. The van der Waals surface area contributed by atoms with E-state index in [1.165, 1.54) is 0 Å². The van der Waals surface area contributed by atoms with Gasteiger partial charge in [-0.3, -0.25) is 0 Å². The number of rotatable bonds is 4. The van der Waals surface area contributed by atoms with Gasteiger partial charge in [-0.2, -0.15) is 0 Å². The molecule has 0 aliphatic rings. The van der Waals surface area contributed by atoms with Crippen LogP contribution in [0.2, 0.25) is 0 Å². The summed E-state index contributed by atoms with van der Waals surface area (Å²) in [6.45, 7) is 3.52. The number of nitrogen functional groups attached to an aromatic ring is 1. The number of carbonyl (C=O) groups excluding carboxylic acids is 1.